The number of benzene rings is 4. The Morgan fingerprint density at radius 2 is 1.59 bits per heavy atom. The monoisotopic (exact) mass is 607 g/mol. The molecule has 6 aromatic rings. The summed E-state index contributed by atoms with van der Waals surface area (Å²) in [6.45, 7) is 0. The van der Waals surface area contributed by atoms with E-state index < -0.39 is 11.7 Å². The normalized spacial score (nSPS) is 11.0. The van der Waals surface area contributed by atoms with Crippen LogP contribution in [0, 0.1) is 0 Å². The van der Waals surface area contributed by atoms with E-state index in [1.165, 1.54) is 0 Å². The van der Waals surface area contributed by atoms with Crippen molar-refractivity contribution in [3.05, 3.63) is 123 Å². The molecule has 0 atom stereocenters. The van der Waals surface area contributed by atoms with Crippen LogP contribution in [0.1, 0.15) is 16.1 Å². The van der Waals surface area contributed by atoms with Crippen molar-refractivity contribution in [2.45, 2.75) is 6.42 Å². The molecule has 0 saturated carbocycles. The molecule has 41 heavy (non-hydrogen) atoms. The topological polar surface area (TPSA) is 133 Å². The molecule has 4 N–H and O–H groups in total. The molecule has 0 unspecified atom stereocenters. The molecule has 2 amide bonds. The number of amides is 2. The number of aromatic nitrogens is 3. The number of H-pyrrole nitrogens is 2. The van der Waals surface area contributed by atoms with E-state index in [2.05, 4.69) is 46.2 Å². The van der Waals surface area contributed by atoms with E-state index in [-0.39, 0.29) is 18.2 Å². The minimum atomic E-state index is -0.702. The Morgan fingerprint density at radius 1 is 0.805 bits per heavy atom. The third kappa shape index (κ3) is 5.73. The molecule has 0 spiro atoms. The zero-order chi connectivity index (χ0) is 28.3. The van der Waals surface area contributed by atoms with Crippen molar-refractivity contribution in [1.82, 2.24) is 15.1 Å². The molecule has 0 saturated heterocycles. The SMILES string of the molecule is O=C(Cc1ccc(-c2ccccc2)cc1)Nc1cccc2cc(C(=O)Nc3ccc(Br)cc3-c3noc(=O)[nH]3)[nH]c12. The van der Waals surface area contributed by atoms with Crippen LogP contribution in [0.3, 0.4) is 0 Å². The molecule has 0 aliphatic heterocycles. The number of hydrogen-bond acceptors (Lipinski definition) is 5. The molecular weight excluding hydrogens is 586 g/mol. The number of halogens is 1. The number of anilines is 2. The van der Waals surface area contributed by atoms with Gasteiger partial charge in [0.05, 0.1) is 23.3 Å². The lowest BCUT2D eigenvalue weighted by molar-refractivity contribution is -0.115. The summed E-state index contributed by atoms with van der Waals surface area (Å²) in [5.74, 6) is -1.10. The summed E-state index contributed by atoms with van der Waals surface area (Å²) in [5.41, 5.74) is 5.47. The molecule has 2 heterocycles. The zero-order valence-corrected chi connectivity index (χ0v) is 23.0. The molecule has 4 aromatic carbocycles. The van der Waals surface area contributed by atoms with Crippen molar-refractivity contribution in [1.29, 1.82) is 0 Å². The van der Waals surface area contributed by atoms with Crippen LogP contribution in [-0.2, 0) is 11.2 Å². The van der Waals surface area contributed by atoms with Gasteiger partial charge in [0.25, 0.3) is 5.91 Å². The summed E-state index contributed by atoms with van der Waals surface area (Å²) in [6.07, 6.45) is 0.204. The third-order valence-electron chi connectivity index (χ3n) is 6.53. The van der Waals surface area contributed by atoms with E-state index in [9.17, 15) is 14.4 Å². The predicted molar refractivity (Wildman–Crippen MR) is 161 cm³/mol. The average Bonchev–Trinajstić information content (AvgIpc) is 3.62. The van der Waals surface area contributed by atoms with Crippen LogP contribution in [0.4, 0.5) is 11.4 Å². The van der Waals surface area contributed by atoms with Crippen LogP contribution in [0.15, 0.2) is 111 Å². The van der Waals surface area contributed by atoms with Gasteiger partial charge in [-0.15, -0.1) is 0 Å². The Balaban J connectivity index is 1.18. The molecule has 0 bridgehead atoms. The van der Waals surface area contributed by atoms with E-state index in [1.807, 2.05) is 66.7 Å². The minimum Gasteiger partial charge on any atom is -0.349 e. The Bertz CT molecular complexity index is 1940. The maximum Gasteiger partial charge on any atom is 0.439 e. The Morgan fingerprint density at radius 3 is 2.34 bits per heavy atom. The van der Waals surface area contributed by atoms with Crippen LogP contribution in [0.25, 0.3) is 33.4 Å². The van der Waals surface area contributed by atoms with Gasteiger partial charge in [0.15, 0.2) is 5.82 Å². The fourth-order valence-corrected chi connectivity index (χ4v) is 4.93. The van der Waals surface area contributed by atoms with Gasteiger partial charge in [-0.1, -0.05) is 87.8 Å². The Hall–Kier alpha value is -5.22. The van der Waals surface area contributed by atoms with Gasteiger partial charge in [-0.05, 0) is 47.0 Å². The van der Waals surface area contributed by atoms with Crippen molar-refractivity contribution >= 4 is 50.0 Å². The molecule has 202 valence electrons. The number of fused-ring (bicyclic) bond motifs is 1. The first-order valence-corrected chi connectivity index (χ1v) is 13.5. The van der Waals surface area contributed by atoms with Crippen LogP contribution >= 0.6 is 15.9 Å². The minimum absolute atomic E-state index is 0.174. The van der Waals surface area contributed by atoms with Crippen molar-refractivity contribution in [2.75, 3.05) is 10.6 Å². The molecule has 0 fully saturated rings. The number of nitrogens with zero attached hydrogens (tertiary/aromatic N) is 1. The Kier molecular flexibility index (Phi) is 7.05. The van der Waals surface area contributed by atoms with Crippen LogP contribution < -0.4 is 16.4 Å². The van der Waals surface area contributed by atoms with E-state index in [0.29, 0.717) is 28.1 Å². The second kappa shape index (κ2) is 11.1. The number of hydrogen-bond donors (Lipinski definition) is 4. The van der Waals surface area contributed by atoms with E-state index in [4.69, 9.17) is 0 Å². The van der Waals surface area contributed by atoms with E-state index in [0.717, 1.165) is 26.5 Å². The van der Waals surface area contributed by atoms with E-state index in [1.54, 1.807) is 30.3 Å². The number of para-hydroxylation sites is 1. The van der Waals surface area contributed by atoms with Gasteiger partial charge in [0.2, 0.25) is 5.91 Å². The van der Waals surface area contributed by atoms with Gasteiger partial charge in [0.1, 0.15) is 5.69 Å². The summed E-state index contributed by atoms with van der Waals surface area (Å²) in [4.78, 5) is 43.2. The van der Waals surface area contributed by atoms with Gasteiger partial charge < -0.3 is 15.6 Å². The molecule has 10 heteroatoms. The molecule has 0 aliphatic rings. The summed E-state index contributed by atoms with van der Waals surface area (Å²) in [6, 6.07) is 30.3. The summed E-state index contributed by atoms with van der Waals surface area (Å²) in [7, 11) is 0. The smallest absolute Gasteiger partial charge is 0.349 e. The average molecular weight is 608 g/mol. The number of carbonyl (C=O) groups is 2. The van der Waals surface area contributed by atoms with Crippen LogP contribution in [0.5, 0.6) is 0 Å². The number of aromatic amines is 2. The number of carbonyl (C=O) groups excluding carboxylic acids is 2. The molecule has 6 rings (SSSR count). The maximum absolute atomic E-state index is 13.2. The predicted octanol–water partition coefficient (Wildman–Crippen LogP) is 6.37. The van der Waals surface area contributed by atoms with Crippen molar-refractivity contribution in [2.24, 2.45) is 0 Å². The van der Waals surface area contributed by atoms with Gasteiger partial charge in [-0.3, -0.25) is 19.1 Å². The van der Waals surface area contributed by atoms with E-state index >= 15 is 0 Å². The molecule has 9 nitrogen and oxygen atoms in total. The molecular formula is C31H22BrN5O4. The zero-order valence-electron chi connectivity index (χ0n) is 21.4. The fraction of sp³-hybridized carbons (Fsp3) is 0.0323. The van der Waals surface area contributed by atoms with Gasteiger partial charge in [-0.2, -0.15) is 0 Å². The first-order chi connectivity index (χ1) is 19.9. The quantitative estimate of drug-likeness (QED) is 0.167. The highest BCUT2D eigenvalue weighted by molar-refractivity contribution is 9.10. The van der Waals surface area contributed by atoms with Crippen molar-refractivity contribution < 1.29 is 14.1 Å². The first kappa shape index (κ1) is 26.0. The van der Waals surface area contributed by atoms with Gasteiger partial charge in [0, 0.05) is 15.4 Å². The third-order valence-corrected chi connectivity index (χ3v) is 7.02. The lowest BCUT2D eigenvalue weighted by Gasteiger charge is -2.09. The largest absolute Gasteiger partial charge is 0.439 e. The van der Waals surface area contributed by atoms with Gasteiger partial charge in [-0.25, -0.2) is 4.79 Å². The highest BCUT2D eigenvalue weighted by Crippen LogP contribution is 2.30. The highest BCUT2D eigenvalue weighted by Gasteiger charge is 2.17. The second-order valence-corrected chi connectivity index (χ2v) is 10.2. The summed E-state index contributed by atoms with van der Waals surface area (Å²) >= 11 is 3.39. The number of nitrogens with one attached hydrogen (secondary N) is 4. The standard InChI is InChI=1S/C31H22BrN5O4/c32-22-13-14-24(23(17-22)29-36-31(40)41-37-29)35-30(39)26-16-21-7-4-8-25(28(21)34-26)33-27(38)15-18-9-11-20(12-10-18)19-5-2-1-3-6-19/h1-14,16-17,34H,15H2,(H,33,38)(H,35,39)(H,36,37,40). The highest BCUT2D eigenvalue weighted by atomic mass is 79.9. The van der Waals surface area contributed by atoms with Crippen LogP contribution in [0.2, 0.25) is 0 Å². The number of rotatable bonds is 7. The lowest BCUT2D eigenvalue weighted by Crippen LogP contribution is -2.15. The first-order valence-electron chi connectivity index (χ1n) is 12.7. The molecule has 0 aliphatic carbocycles. The van der Waals surface area contributed by atoms with Crippen molar-refractivity contribution in [3.63, 3.8) is 0 Å². The summed E-state index contributed by atoms with van der Waals surface area (Å²) in [5, 5.41) is 10.3. The van der Waals surface area contributed by atoms with Crippen molar-refractivity contribution in [3.8, 4) is 22.5 Å². The Labute approximate surface area is 241 Å². The second-order valence-electron chi connectivity index (χ2n) is 9.33. The van der Waals surface area contributed by atoms with Gasteiger partial charge >= 0.3 is 5.76 Å². The molecule has 2 aromatic heterocycles. The fourth-order valence-electron chi connectivity index (χ4n) is 4.57. The van der Waals surface area contributed by atoms with Crippen LogP contribution in [-0.4, -0.2) is 26.9 Å². The maximum atomic E-state index is 13.2. The summed E-state index contributed by atoms with van der Waals surface area (Å²) < 4.78 is 5.35. The molecule has 0 radical (unpaired) electrons. The lowest BCUT2D eigenvalue weighted by atomic mass is 10.0.